The maximum absolute atomic E-state index is 12.4. The SMILES string of the molecule is O=C(O)c1cc(S(=O)(=O)NC2CCCCCC2)ccc1Cl. The molecule has 0 atom stereocenters. The number of hydrogen-bond acceptors (Lipinski definition) is 3. The van der Waals surface area contributed by atoms with Crippen molar-refractivity contribution in [2.24, 2.45) is 0 Å². The summed E-state index contributed by atoms with van der Waals surface area (Å²) in [6.45, 7) is 0. The topological polar surface area (TPSA) is 83.5 Å². The highest BCUT2D eigenvalue weighted by Crippen LogP contribution is 2.23. The largest absolute Gasteiger partial charge is 0.478 e. The molecule has 0 aromatic heterocycles. The summed E-state index contributed by atoms with van der Waals surface area (Å²) >= 11 is 5.76. The van der Waals surface area contributed by atoms with E-state index in [2.05, 4.69) is 4.72 Å². The molecule has 116 valence electrons. The van der Waals surface area contributed by atoms with Crippen LogP contribution in [0.3, 0.4) is 0 Å². The van der Waals surface area contributed by atoms with Crippen molar-refractivity contribution in [2.75, 3.05) is 0 Å². The van der Waals surface area contributed by atoms with E-state index in [4.69, 9.17) is 16.7 Å². The zero-order valence-electron chi connectivity index (χ0n) is 11.5. The van der Waals surface area contributed by atoms with Gasteiger partial charge in [-0.15, -0.1) is 0 Å². The zero-order chi connectivity index (χ0) is 15.5. The second-order valence-electron chi connectivity index (χ2n) is 5.26. The highest BCUT2D eigenvalue weighted by Gasteiger charge is 2.22. The number of rotatable bonds is 4. The molecule has 1 saturated carbocycles. The minimum absolute atomic E-state index is 0.0240. The molecule has 1 aliphatic rings. The Morgan fingerprint density at radius 2 is 1.81 bits per heavy atom. The Hall–Kier alpha value is -1.11. The molecule has 1 aliphatic carbocycles. The van der Waals surface area contributed by atoms with Crippen LogP contribution in [0.5, 0.6) is 0 Å². The molecular formula is C14H18ClNO4S. The van der Waals surface area contributed by atoms with E-state index in [1.54, 1.807) is 0 Å². The number of carboxylic acids is 1. The Kier molecular flexibility index (Phi) is 5.24. The van der Waals surface area contributed by atoms with Crippen molar-refractivity contribution in [1.82, 2.24) is 4.72 Å². The van der Waals surface area contributed by atoms with Crippen LogP contribution in [0.25, 0.3) is 0 Å². The average molecular weight is 332 g/mol. The molecular weight excluding hydrogens is 314 g/mol. The highest BCUT2D eigenvalue weighted by molar-refractivity contribution is 7.89. The summed E-state index contributed by atoms with van der Waals surface area (Å²) in [7, 11) is -3.72. The van der Waals surface area contributed by atoms with Crippen molar-refractivity contribution < 1.29 is 18.3 Å². The van der Waals surface area contributed by atoms with Crippen LogP contribution >= 0.6 is 11.6 Å². The van der Waals surface area contributed by atoms with Crippen LogP contribution < -0.4 is 4.72 Å². The molecule has 0 radical (unpaired) electrons. The monoisotopic (exact) mass is 331 g/mol. The molecule has 0 amide bonds. The zero-order valence-corrected chi connectivity index (χ0v) is 13.1. The van der Waals surface area contributed by atoms with Crippen molar-refractivity contribution >= 4 is 27.6 Å². The van der Waals surface area contributed by atoms with Crippen LogP contribution in [0.15, 0.2) is 23.1 Å². The molecule has 0 aliphatic heterocycles. The number of nitrogens with one attached hydrogen (secondary N) is 1. The smallest absolute Gasteiger partial charge is 0.337 e. The van der Waals surface area contributed by atoms with Gasteiger partial charge in [-0.05, 0) is 31.0 Å². The van der Waals surface area contributed by atoms with Gasteiger partial charge in [0.15, 0.2) is 0 Å². The number of aromatic carboxylic acids is 1. The molecule has 2 N–H and O–H groups in total. The molecule has 7 heteroatoms. The molecule has 0 saturated heterocycles. The highest BCUT2D eigenvalue weighted by atomic mass is 35.5. The summed E-state index contributed by atoms with van der Waals surface area (Å²) < 4.78 is 27.4. The fourth-order valence-corrected chi connectivity index (χ4v) is 4.05. The minimum Gasteiger partial charge on any atom is -0.478 e. The van der Waals surface area contributed by atoms with Crippen LogP contribution in [-0.4, -0.2) is 25.5 Å². The van der Waals surface area contributed by atoms with Crippen LogP contribution in [0, 0.1) is 0 Å². The summed E-state index contributed by atoms with van der Waals surface area (Å²) in [5.41, 5.74) is -0.208. The van der Waals surface area contributed by atoms with Crippen LogP contribution in [0.1, 0.15) is 48.9 Å². The molecule has 0 spiro atoms. The maximum Gasteiger partial charge on any atom is 0.337 e. The summed E-state index contributed by atoms with van der Waals surface area (Å²) in [6.07, 6.45) is 5.91. The Labute approximate surface area is 129 Å². The molecule has 21 heavy (non-hydrogen) atoms. The van der Waals surface area contributed by atoms with Gasteiger partial charge < -0.3 is 5.11 Å². The first-order chi connectivity index (χ1) is 9.90. The number of halogens is 1. The van der Waals surface area contributed by atoms with Gasteiger partial charge in [0.1, 0.15) is 0 Å². The van der Waals surface area contributed by atoms with Gasteiger partial charge in [-0.2, -0.15) is 0 Å². The fourth-order valence-electron chi connectivity index (χ4n) is 2.52. The maximum atomic E-state index is 12.4. The molecule has 1 aromatic rings. The van der Waals surface area contributed by atoms with Crippen molar-refractivity contribution in [3.05, 3.63) is 28.8 Å². The van der Waals surface area contributed by atoms with E-state index < -0.39 is 16.0 Å². The Bertz CT molecular complexity index is 622. The van der Waals surface area contributed by atoms with Gasteiger partial charge in [-0.25, -0.2) is 17.9 Å². The first kappa shape index (κ1) is 16.3. The van der Waals surface area contributed by atoms with E-state index >= 15 is 0 Å². The van der Waals surface area contributed by atoms with E-state index in [0.717, 1.165) is 44.6 Å². The lowest BCUT2D eigenvalue weighted by Crippen LogP contribution is -2.34. The lowest BCUT2D eigenvalue weighted by Gasteiger charge is -2.16. The number of carboxylic acid groups (broad SMARTS) is 1. The van der Waals surface area contributed by atoms with Gasteiger partial charge in [0.2, 0.25) is 10.0 Å². The second kappa shape index (κ2) is 6.77. The first-order valence-corrected chi connectivity index (χ1v) is 8.81. The molecule has 1 aromatic carbocycles. The lowest BCUT2D eigenvalue weighted by atomic mass is 10.1. The third-order valence-corrected chi connectivity index (χ3v) is 5.50. The molecule has 0 heterocycles. The molecule has 2 rings (SSSR count). The van der Waals surface area contributed by atoms with Gasteiger partial charge in [0, 0.05) is 6.04 Å². The Morgan fingerprint density at radius 1 is 1.19 bits per heavy atom. The predicted octanol–water partition coefficient (Wildman–Crippen LogP) is 3.04. The lowest BCUT2D eigenvalue weighted by molar-refractivity contribution is 0.0697. The Balaban J connectivity index is 2.22. The van der Waals surface area contributed by atoms with E-state index in [0.29, 0.717) is 0 Å². The average Bonchev–Trinajstić information content (AvgIpc) is 2.66. The minimum atomic E-state index is -3.72. The van der Waals surface area contributed by atoms with Crippen molar-refractivity contribution in [3.8, 4) is 0 Å². The molecule has 5 nitrogen and oxygen atoms in total. The quantitative estimate of drug-likeness (QED) is 0.831. The van der Waals surface area contributed by atoms with Crippen molar-refractivity contribution in [3.63, 3.8) is 0 Å². The van der Waals surface area contributed by atoms with Crippen LogP contribution in [0.2, 0.25) is 5.02 Å². The summed E-state index contributed by atoms with van der Waals surface area (Å²) in [5.74, 6) is -1.24. The van der Waals surface area contributed by atoms with E-state index in [1.165, 1.54) is 12.1 Å². The second-order valence-corrected chi connectivity index (χ2v) is 7.38. The molecule has 0 unspecified atom stereocenters. The number of carbonyl (C=O) groups is 1. The normalized spacial score (nSPS) is 17.4. The standard InChI is InChI=1S/C14H18ClNO4S/c15-13-8-7-11(9-12(13)14(17)18)21(19,20)16-10-5-3-1-2-4-6-10/h7-10,16H,1-6H2,(H,17,18). The first-order valence-electron chi connectivity index (χ1n) is 6.95. The summed E-state index contributed by atoms with van der Waals surface area (Å²) in [4.78, 5) is 11.0. The van der Waals surface area contributed by atoms with Gasteiger partial charge >= 0.3 is 5.97 Å². The Morgan fingerprint density at radius 3 is 2.38 bits per heavy atom. The van der Waals surface area contributed by atoms with Crippen molar-refractivity contribution in [1.29, 1.82) is 0 Å². The van der Waals surface area contributed by atoms with Gasteiger partial charge in [0.05, 0.1) is 15.5 Å². The third kappa shape index (κ3) is 4.18. The van der Waals surface area contributed by atoms with E-state index in [1.807, 2.05) is 0 Å². The van der Waals surface area contributed by atoms with E-state index in [9.17, 15) is 13.2 Å². The van der Waals surface area contributed by atoms with Crippen LogP contribution in [0.4, 0.5) is 0 Å². The van der Waals surface area contributed by atoms with Gasteiger partial charge in [-0.1, -0.05) is 37.3 Å². The van der Waals surface area contributed by atoms with Crippen LogP contribution in [-0.2, 0) is 10.0 Å². The number of hydrogen-bond donors (Lipinski definition) is 2. The third-order valence-electron chi connectivity index (χ3n) is 3.66. The fraction of sp³-hybridized carbons (Fsp3) is 0.500. The number of benzene rings is 1. The molecule has 1 fully saturated rings. The summed E-state index contributed by atoms with van der Waals surface area (Å²) in [5, 5.41) is 9.04. The van der Waals surface area contributed by atoms with Gasteiger partial charge in [-0.3, -0.25) is 0 Å². The molecule has 0 bridgehead atoms. The van der Waals surface area contributed by atoms with Crippen molar-refractivity contribution in [2.45, 2.75) is 49.5 Å². The predicted molar refractivity (Wildman–Crippen MR) is 80.2 cm³/mol. The van der Waals surface area contributed by atoms with E-state index in [-0.39, 0.29) is 21.5 Å². The number of sulfonamides is 1. The summed E-state index contributed by atoms with van der Waals surface area (Å²) in [6, 6.07) is 3.64. The van der Waals surface area contributed by atoms with Gasteiger partial charge in [0.25, 0.3) is 0 Å².